The lowest BCUT2D eigenvalue weighted by molar-refractivity contribution is 0.669. The summed E-state index contributed by atoms with van der Waals surface area (Å²) in [6.07, 6.45) is 0. The monoisotopic (exact) mass is 815 g/mol. The molecule has 1 aliphatic carbocycles. The average molecular weight is 816 g/mol. The van der Waals surface area contributed by atoms with Gasteiger partial charge in [-0.1, -0.05) is 194 Å². The van der Waals surface area contributed by atoms with Crippen molar-refractivity contribution in [2.45, 2.75) is 5.41 Å². The van der Waals surface area contributed by atoms with Crippen molar-refractivity contribution in [1.82, 2.24) is 15.0 Å². The van der Waals surface area contributed by atoms with Gasteiger partial charge in [0, 0.05) is 21.9 Å². The highest BCUT2D eigenvalue weighted by Gasteiger charge is 2.46. The van der Waals surface area contributed by atoms with Crippen molar-refractivity contribution in [2.24, 2.45) is 0 Å². The zero-order chi connectivity index (χ0) is 42.2. The number of fused-ring (bicyclic) bond motifs is 8. The van der Waals surface area contributed by atoms with E-state index in [0.29, 0.717) is 17.5 Å². The van der Waals surface area contributed by atoms with E-state index in [1.54, 1.807) is 0 Å². The highest BCUT2D eigenvalue weighted by Crippen LogP contribution is 2.56. The molecule has 4 nitrogen and oxygen atoms in total. The molecule has 4 heteroatoms. The Morgan fingerprint density at radius 2 is 0.859 bits per heavy atom. The SMILES string of the molecule is c1ccc(C2(c3ccccc3)c3ccccc3-c3ccc(-c4nc(-c5ccc(-c6ccc7ccccc7c6)c6ccccc56)nc(-c5cccc6c5oc5ccccc56)n4)cc32)cc1. The van der Waals surface area contributed by atoms with Crippen molar-refractivity contribution in [1.29, 1.82) is 0 Å². The third kappa shape index (κ3) is 5.46. The summed E-state index contributed by atoms with van der Waals surface area (Å²) < 4.78 is 6.62. The van der Waals surface area contributed by atoms with Gasteiger partial charge in [-0.05, 0) is 96.4 Å². The van der Waals surface area contributed by atoms with Crippen LogP contribution in [0.25, 0.3) is 99.9 Å². The fourth-order valence-corrected chi connectivity index (χ4v) is 10.4. The minimum absolute atomic E-state index is 0.550. The number of hydrogen-bond donors (Lipinski definition) is 0. The van der Waals surface area contributed by atoms with Crippen LogP contribution in [-0.2, 0) is 5.41 Å². The molecule has 0 radical (unpaired) electrons. The molecule has 0 saturated heterocycles. The summed E-state index contributed by atoms with van der Waals surface area (Å²) >= 11 is 0. The largest absolute Gasteiger partial charge is 0.455 e. The maximum atomic E-state index is 6.62. The first kappa shape index (κ1) is 36.2. The molecule has 0 spiro atoms. The zero-order valence-corrected chi connectivity index (χ0v) is 34.6. The number of nitrogens with zero attached hydrogens (tertiary/aromatic N) is 3. The molecule has 0 bridgehead atoms. The molecule has 0 saturated carbocycles. The quantitative estimate of drug-likeness (QED) is 0.168. The van der Waals surface area contributed by atoms with E-state index in [-0.39, 0.29) is 0 Å². The van der Waals surface area contributed by atoms with Crippen molar-refractivity contribution >= 4 is 43.5 Å². The molecule has 13 rings (SSSR count). The second kappa shape index (κ2) is 14.3. The molecule has 0 unspecified atom stereocenters. The van der Waals surface area contributed by atoms with Crippen LogP contribution in [0.5, 0.6) is 0 Å². The second-order valence-corrected chi connectivity index (χ2v) is 16.6. The predicted octanol–water partition coefficient (Wildman–Crippen LogP) is 15.1. The summed E-state index contributed by atoms with van der Waals surface area (Å²) in [5.74, 6) is 1.73. The maximum absolute atomic E-state index is 6.62. The number of aromatic nitrogens is 3. The summed E-state index contributed by atoms with van der Waals surface area (Å²) in [5, 5.41) is 6.70. The second-order valence-electron chi connectivity index (χ2n) is 16.6. The minimum atomic E-state index is -0.572. The van der Waals surface area contributed by atoms with E-state index in [2.05, 4.69) is 206 Å². The molecule has 0 N–H and O–H groups in total. The Bertz CT molecular complexity index is 3760. The Morgan fingerprint density at radius 1 is 0.312 bits per heavy atom. The standard InChI is InChI=1S/C60H37N3O/c1-3-18-42(19-4-1)60(43-20-5-2-6-21-43)53-28-13-11-24-47(53)48-33-32-41(37-54(48)60)57-61-58(63-59(62-57)52-27-15-26-50-49-25-12-14-29-55(49)64-56(50)52)51-35-34-44(45-22-9-10-23-46(45)51)40-31-30-38-16-7-8-17-39(38)36-40/h1-37H. The van der Waals surface area contributed by atoms with Gasteiger partial charge in [-0.25, -0.2) is 15.0 Å². The zero-order valence-electron chi connectivity index (χ0n) is 34.6. The Hall–Kier alpha value is -8.47. The molecule has 298 valence electrons. The van der Waals surface area contributed by atoms with Gasteiger partial charge >= 0.3 is 0 Å². The molecule has 2 aromatic heterocycles. The van der Waals surface area contributed by atoms with E-state index in [9.17, 15) is 0 Å². The fourth-order valence-electron chi connectivity index (χ4n) is 10.4. The van der Waals surface area contributed by atoms with E-state index in [0.717, 1.165) is 60.5 Å². The number of benzene rings is 10. The van der Waals surface area contributed by atoms with Gasteiger partial charge in [0.1, 0.15) is 11.2 Å². The van der Waals surface area contributed by atoms with Crippen LogP contribution in [0, 0.1) is 0 Å². The predicted molar refractivity (Wildman–Crippen MR) is 261 cm³/mol. The summed E-state index contributed by atoms with van der Waals surface area (Å²) in [5.41, 5.74) is 13.2. The fraction of sp³-hybridized carbons (Fsp3) is 0.0167. The number of rotatable bonds is 6. The summed E-state index contributed by atoms with van der Waals surface area (Å²) in [6.45, 7) is 0. The van der Waals surface area contributed by atoms with Gasteiger partial charge in [-0.2, -0.15) is 0 Å². The van der Waals surface area contributed by atoms with E-state index in [1.807, 2.05) is 18.2 Å². The molecule has 64 heavy (non-hydrogen) atoms. The maximum Gasteiger partial charge on any atom is 0.167 e. The van der Waals surface area contributed by atoms with Crippen molar-refractivity contribution < 1.29 is 4.42 Å². The van der Waals surface area contributed by atoms with Gasteiger partial charge in [0.15, 0.2) is 17.5 Å². The first-order valence-corrected chi connectivity index (χ1v) is 21.8. The Balaban J connectivity index is 1.06. The molecule has 1 aliphatic rings. The highest BCUT2D eigenvalue weighted by atomic mass is 16.3. The third-order valence-electron chi connectivity index (χ3n) is 13.2. The molecular weight excluding hydrogens is 779 g/mol. The van der Waals surface area contributed by atoms with Crippen molar-refractivity contribution in [3.63, 3.8) is 0 Å². The molecule has 10 aromatic carbocycles. The third-order valence-corrected chi connectivity index (χ3v) is 13.2. The minimum Gasteiger partial charge on any atom is -0.455 e. The first-order chi connectivity index (χ1) is 31.7. The van der Waals surface area contributed by atoms with Gasteiger partial charge < -0.3 is 4.42 Å². The lowest BCUT2D eigenvalue weighted by Gasteiger charge is -2.34. The van der Waals surface area contributed by atoms with E-state index < -0.39 is 5.41 Å². The first-order valence-electron chi connectivity index (χ1n) is 21.8. The van der Waals surface area contributed by atoms with Crippen molar-refractivity contribution in [3.05, 3.63) is 247 Å². The molecule has 0 aliphatic heterocycles. The van der Waals surface area contributed by atoms with E-state index in [4.69, 9.17) is 19.4 Å². The smallest absolute Gasteiger partial charge is 0.167 e. The van der Waals surface area contributed by atoms with Gasteiger partial charge in [-0.15, -0.1) is 0 Å². The lowest BCUT2D eigenvalue weighted by Crippen LogP contribution is -2.28. The van der Waals surface area contributed by atoms with Crippen LogP contribution >= 0.6 is 0 Å². The summed E-state index contributed by atoms with van der Waals surface area (Å²) in [7, 11) is 0. The van der Waals surface area contributed by atoms with Crippen LogP contribution in [0.1, 0.15) is 22.3 Å². The number of hydrogen-bond acceptors (Lipinski definition) is 4. The van der Waals surface area contributed by atoms with Crippen LogP contribution < -0.4 is 0 Å². The van der Waals surface area contributed by atoms with Crippen molar-refractivity contribution in [2.75, 3.05) is 0 Å². The Labute approximate surface area is 369 Å². The molecule has 2 heterocycles. The van der Waals surface area contributed by atoms with Crippen LogP contribution in [0.3, 0.4) is 0 Å². The average Bonchev–Trinajstić information content (AvgIpc) is 3.90. The molecule has 0 atom stereocenters. The van der Waals surface area contributed by atoms with Gasteiger partial charge in [0.2, 0.25) is 0 Å². The van der Waals surface area contributed by atoms with E-state index >= 15 is 0 Å². The highest BCUT2D eigenvalue weighted by molar-refractivity contribution is 6.09. The van der Waals surface area contributed by atoms with E-state index in [1.165, 1.54) is 44.2 Å². The van der Waals surface area contributed by atoms with Crippen LogP contribution in [0.2, 0.25) is 0 Å². The molecule has 0 fully saturated rings. The van der Waals surface area contributed by atoms with Crippen LogP contribution in [-0.4, -0.2) is 15.0 Å². The normalized spacial score (nSPS) is 12.8. The Kier molecular flexibility index (Phi) is 8.09. The Morgan fingerprint density at radius 3 is 1.66 bits per heavy atom. The number of furan rings is 1. The van der Waals surface area contributed by atoms with Crippen LogP contribution in [0.15, 0.2) is 229 Å². The summed E-state index contributed by atoms with van der Waals surface area (Å²) in [4.78, 5) is 16.2. The lowest BCUT2D eigenvalue weighted by atomic mass is 9.67. The van der Waals surface area contributed by atoms with Crippen LogP contribution in [0.4, 0.5) is 0 Å². The van der Waals surface area contributed by atoms with Gasteiger partial charge in [0.25, 0.3) is 0 Å². The molecular formula is C60H37N3O. The van der Waals surface area contributed by atoms with Gasteiger partial charge in [-0.3, -0.25) is 0 Å². The molecule has 0 amide bonds. The summed E-state index contributed by atoms with van der Waals surface area (Å²) in [6, 6.07) is 80.0. The number of para-hydroxylation sites is 2. The van der Waals surface area contributed by atoms with Crippen molar-refractivity contribution in [3.8, 4) is 56.4 Å². The molecule has 12 aromatic rings. The topological polar surface area (TPSA) is 51.8 Å². The van der Waals surface area contributed by atoms with Gasteiger partial charge in [0.05, 0.1) is 11.0 Å².